The van der Waals surface area contributed by atoms with Crippen molar-refractivity contribution in [3.05, 3.63) is 28.8 Å². The fourth-order valence-electron chi connectivity index (χ4n) is 1.50. The van der Waals surface area contributed by atoms with Gasteiger partial charge in [0, 0.05) is 25.7 Å². The molecule has 1 rings (SSSR count). The number of esters is 1. The fourth-order valence-corrected chi connectivity index (χ4v) is 1.73. The van der Waals surface area contributed by atoms with Crippen LogP contribution in [0, 0.1) is 0 Å². The van der Waals surface area contributed by atoms with Crippen LogP contribution in [-0.4, -0.2) is 60.0 Å². The lowest BCUT2D eigenvalue weighted by atomic mass is 10.1. The Morgan fingerprint density at radius 1 is 1.12 bits per heavy atom. The zero-order valence-corrected chi connectivity index (χ0v) is 15.8. The highest BCUT2D eigenvalue weighted by Crippen LogP contribution is 2.26. The zero-order valence-electron chi connectivity index (χ0n) is 15.0. The van der Waals surface area contributed by atoms with Crippen LogP contribution in [0.5, 0.6) is 5.75 Å². The summed E-state index contributed by atoms with van der Waals surface area (Å²) in [6.07, 6.45) is -0.341. The van der Waals surface area contributed by atoms with Gasteiger partial charge < -0.3 is 24.8 Å². The molecule has 0 aromatic heterocycles. The lowest BCUT2D eigenvalue weighted by Crippen LogP contribution is -2.14. The maximum atomic E-state index is 11.7. The van der Waals surface area contributed by atoms with Crippen LogP contribution < -0.4 is 4.74 Å². The molecule has 0 aliphatic heterocycles. The SMILES string of the molecule is CCO.CCOC(=O)COc1ccc(C(=O)CCC(=O)O)cc1Cl.CO. The van der Waals surface area contributed by atoms with Crippen LogP contribution in [-0.2, 0) is 14.3 Å². The Morgan fingerprint density at radius 3 is 2.15 bits per heavy atom. The Morgan fingerprint density at radius 2 is 1.69 bits per heavy atom. The van der Waals surface area contributed by atoms with E-state index in [4.69, 9.17) is 36.4 Å². The number of aliphatic hydroxyl groups excluding tert-OH is 2. The molecular weight excluding hydrogens is 368 g/mol. The van der Waals surface area contributed by atoms with Crippen molar-refractivity contribution in [2.75, 3.05) is 26.9 Å². The van der Waals surface area contributed by atoms with Crippen LogP contribution in [0.1, 0.15) is 37.0 Å². The van der Waals surface area contributed by atoms with Gasteiger partial charge in [0.25, 0.3) is 0 Å². The van der Waals surface area contributed by atoms with Gasteiger partial charge in [0.05, 0.1) is 18.1 Å². The van der Waals surface area contributed by atoms with Gasteiger partial charge >= 0.3 is 11.9 Å². The standard InChI is InChI=1S/C14H15ClO6.C2H6O.CH4O/c1-2-20-14(19)8-21-12-5-3-9(7-10(12)15)11(16)4-6-13(17)18;1-2-3;1-2/h3,5,7H,2,4,6,8H2,1H3,(H,17,18);3H,2H2,1H3;2H,1H3. The summed E-state index contributed by atoms with van der Waals surface area (Å²) in [5, 5.41) is 23.3. The number of carbonyl (C=O) groups is 3. The van der Waals surface area contributed by atoms with Crippen LogP contribution >= 0.6 is 11.6 Å². The molecule has 0 atom stereocenters. The van der Waals surface area contributed by atoms with Crippen LogP contribution in [0.2, 0.25) is 5.02 Å². The van der Waals surface area contributed by atoms with Gasteiger partial charge in [-0.2, -0.15) is 0 Å². The molecule has 1 aromatic rings. The Hall–Kier alpha value is -2.16. The van der Waals surface area contributed by atoms with Gasteiger partial charge in [-0.25, -0.2) is 4.79 Å². The summed E-state index contributed by atoms with van der Waals surface area (Å²) in [6.45, 7) is 3.59. The third-order valence-electron chi connectivity index (χ3n) is 2.47. The van der Waals surface area contributed by atoms with E-state index in [1.54, 1.807) is 13.8 Å². The third-order valence-corrected chi connectivity index (χ3v) is 2.77. The predicted molar refractivity (Wildman–Crippen MR) is 95.7 cm³/mol. The minimum atomic E-state index is -1.04. The molecule has 0 heterocycles. The smallest absolute Gasteiger partial charge is 0.344 e. The number of rotatable bonds is 8. The van der Waals surface area contributed by atoms with Crippen molar-refractivity contribution in [3.8, 4) is 5.75 Å². The molecule has 148 valence electrons. The molecule has 0 radical (unpaired) electrons. The molecule has 3 N–H and O–H groups in total. The maximum absolute atomic E-state index is 11.7. The molecule has 0 spiro atoms. The van der Waals surface area contributed by atoms with Crippen molar-refractivity contribution in [1.82, 2.24) is 0 Å². The number of benzene rings is 1. The molecule has 26 heavy (non-hydrogen) atoms. The highest BCUT2D eigenvalue weighted by atomic mass is 35.5. The zero-order chi connectivity index (χ0) is 20.5. The van der Waals surface area contributed by atoms with E-state index in [9.17, 15) is 14.4 Å². The van der Waals surface area contributed by atoms with E-state index in [0.717, 1.165) is 7.11 Å². The fraction of sp³-hybridized carbons (Fsp3) is 0.471. The number of halogens is 1. The van der Waals surface area contributed by atoms with Crippen molar-refractivity contribution in [3.63, 3.8) is 0 Å². The van der Waals surface area contributed by atoms with Gasteiger partial charge in [0.15, 0.2) is 12.4 Å². The lowest BCUT2D eigenvalue weighted by Gasteiger charge is -2.08. The highest BCUT2D eigenvalue weighted by molar-refractivity contribution is 6.32. The van der Waals surface area contributed by atoms with Crippen molar-refractivity contribution in [2.24, 2.45) is 0 Å². The summed E-state index contributed by atoms with van der Waals surface area (Å²) >= 11 is 5.95. The molecule has 0 unspecified atom stereocenters. The molecule has 1 aromatic carbocycles. The van der Waals surface area contributed by atoms with E-state index in [1.165, 1.54) is 18.2 Å². The van der Waals surface area contributed by atoms with Crippen molar-refractivity contribution >= 4 is 29.3 Å². The van der Waals surface area contributed by atoms with Crippen LogP contribution in [0.25, 0.3) is 0 Å². The number of ketones is 1. The number of carboxylic acids is 1. The van der Waals surface area contributed by atoms with E-state index in [1.807, 2.05) is 0 Å². The van der Waals surface area contributed by atoms with E-state index in [0.29, 0.717) is 5.56 Å². The Balaban J connectivity index is 0. The minimum Gasteiger partial charge on any atom is -0.481 e. The van der Waals surface area contributed by atoms with Gasteiger partial charge in [-0.15, -0.1) is 0 Å². The van der Waals surface area contributed by atoms with Crippen LogP contribution in [0.4, 0.5) is 0 Å². The number of ether oxygens (including phenoxy) is 2. The van der Waals surface area contributed by atoms with Crippen molar-refractivity contribution in [1.29, 1.82) is 0 Å². The summed E-state index contributed by atoms with van der Waals surface area (Å²) < 4.78 is 9.88. The van der Waals surface area contributed by atoms with Gasteiger partial charge in [-0.05, 0) is 32.0 Å². The summed E-state index contributed by atoms with van der Waals surface area (Å²) in [5.74, 6) is -1.63. The summed E-state index contributed by atoms with van der Waals surface area (Å²) in [7, 11) is 1.00. The number of aliphatic carboxylic acids is 1. The van der Waals surface area contributed by atoms with E-state index in [-0.39, 0.29) is 49.2 Å². The predicted octanol–water partition coefficient (Wildman–Crippen LogP) is 1.94. The lowest BCUT2D eigenvalue weighted by molar-refractivity contribution is -0.145. The highest BCUT2D eigenvalue weighted by Gasteiger charge is 2.12. The molecule has 0 saturated heterocycles. The number of aliphatic hydroxyl groups is 2. The molecule has 0 amide bonds. The number of carbonyl (C=O) groups excluding carboxylic acids is 2. The number of carboxylic acid groups (broad SMARTS) is 1. The first-order valence-corrected chi connectivity index (χ1v) is 8.11. The molecule has 0 saturated carbocycles. The Kier molecular flexibility index (Phi) is 16.4. The normalized spacial score (nSPS) is 9.00. The summed E-state index contributed by atoms with van der Waals surface area (Å²) in [4.78, 5) is 33.3. The molecule has 9 heteroatoms. The van der Waals surface area contributed by atoms with Gasteiger partial charge in [-0.1, -0.05) is 11.6 Å². The molecule has 0 bridgehead atoms. The number of Topliss-reactive ketones (excluding diaryl/α,β-unsaturated/α-hetero) is 1. The van der Waals surface area contributed by atoms with Gasteiger partial charge in [0.2, 0.25) is 0 Å². The topological polar surface area (TPSA) is 130 Å². The van der Waals surface area contributed by atoms with Crippen molar-refractivity contribution < 1.29 is 39.2 Å². The number of hydrogen-bond donors (Lipinski definition) is 3. The first kappa shape index (κ1) is 26.1. The Labute approximate surface area is 157 Å². The summed E-state index contributed by atoms with van der Waals surface area (Å²) in [6, 6.07) is 4.30. The summed E-state index contributed by atoms with van der Waals surface area (Å²) in [5.41, 5.74) is 0.296. The average Bonchev–Trinajstić information content (AvgIpc) is 2.61. The Bertz CT molecular complexity index is 560. The van der Waals surface area contributed by atoms with Crippen molar-refractivity contribution in [2.45, 2.75) is 26.7 Å². The molecule has 0 aliphatic carbocycles. The van der Waals surface area contributed by atoms with Gasteiger partial charge in [0.1, 0.15) is 5.75 Å². The average molecular weight is 393 g/mol. The second kappa shape index (κ2) is 16.3. The number of hydrogen-bond acceptors (Lipinski definition) is 7. The second-order valence-electron chi connectivity index (χ2n) is 4.37. The van der Waals surface area contributed by atoms with Crippen LogP contribution in [0.3, 0.4) is 0 Å². The van der Waals surface area contributed by atoms with E-state index >= 15 is 0 Å². The van der Waals surface area contributed by atoms with Crippen LogP contribution in [0.15, 0.2) is 18.2 Å². The largest absolute Gasteiger partial charge is 0.481 e. The first-order chi connectivity index (χ1) is 12.3. The first-order valence-electron chi connectivity index (χ1n) is 7.74. The molecule has 8 nitrogen and oxygen atoms in total. The molecular formula is C17H25ClO8. The molecule has 0 fully saturated rings. The second-order valence-corrected chi connectivity index (χ2v) is 4.78. The quantitative estimate of drug-likeness (QED) is 0.452. The third kappa shape index (κ3) is 12.2. The van der Waals surface area contributed by atoms with E-state index in [2.05, 4.69) is 0 Å². The van der Waals surface area contributed by atoms with E-state index < -0.39 is 11.9 Å². The van der Waals surface area contributed by atoms with Gasteiger partial charge in [-0.3, -0.25) is 9.59 Å². The minimum absolute atomic E-state index is 0.102. The monoisotopic (exact) mass is 392 g/mol. The molecule has 0 aliphatic rings. The maximum Gasteiger partial charge on any atom is 0.344 e.